The molecule has 4 nitrogen and oxygen atoms in total. The first-order valence-electron chi connectivity index (χ1n) is 7.90. The molecule has 0 radical (unpaired) electrons. The molecule has 1 aromatic heterocycles. The topological polar surface area (TPSA) is 51.2 Å². The first kappa shape index (κ1) is 16.0. The number of nitrogens with zero attached hydrogens (tertiary/aromatic N) is 1. The van der Waals surface area contributed by atoms with Crippen LogP contribution in [-0.4, -0.2) is 23.6 Å². The minimum atomic E-state index is -0.0248. The molecule has 2 atom stereocenters. The number of rotatable bonds is 6. The fourth-order valence-electron chi connectivity index (χ4n) is 2.78. The first-order chi connectivity index (χ1) is 10.1. The fourth-order valence-corrected chi connectivity index (χ4v) is 2.78. The molecule has 4 heteroatoms. The minimum Gasteiger partial charge on any atom is -0.378 e. The van der Waals surface area contributed by atoms with Crippen LogP contribution >= 0.6 is 0 Å². The van der Waals surface area contributed by atoms with E-state index in [9.17, 15) is 4.79 Å². The largest absolute Gasteiger partial charge is 0.378 e. The highest BCUT2D eigenvalue weighted by Crippen LogP contribution is 2.23. The van der Waals surface area contributed by atoms with Gasteiger partial charge in [-0.2, -0.15) is 0 Å². The molecule has 0 aromatic carbocycles. The van der Waals surface area contributed by atoms with E-state index in [0.29, 0.717) is 12.3 Å². The lowest BCUT2D eigenvalue weighted by molar-refractivity contribution is -0.122. The Morgan fingerprint density at radius 1 is 1.52 bits per heavy atom. The maximum atomic E-state index is 12.2. The van der Waals surface area contributed by atoms with Crippen molar-refractivity contribution in [3.8, 4) is 0 Å². The van der Waals surface area contributed by atoms with Crippen molar-refractivity contribution in [3.63, 3.8) is 0 Å². The van der Waals surface area contributed by atoms with E-state index in [1.165, 1.54) is 0 Å². The van der Waals surface area contributed by atoms with Gasteiger partial charge in [-0.3, -0.25) is 9.78 Å². The molecule has 0 saturated carbocycles. The van der Waals surface area contributed by atoms with Gasteiger partial charge in [-0.1, -0.05) is 19.9 Å². The van der Waals surface area contributed by atoms with E-state index in [2.05, 4.69) is 24.1 Å². The van der Waals surface area contributed by atoms with Gasteiger partial charge in [0, 0.05) is 19.2 Å². The van der Waals surface area contributed by atoms with Crippen LogP contribution in [0, 0.1) is 12.8 Å². The van der Waals surface area contributed by atoms with Crippen LogP contribution in [0.1, 0.15) is 56.8 Å². The summed E-state index contributed by atoms with van der Waals surface area (Å²) >= 11 is 0. The minimum absolute atomic E-state index is 0.0248. The maximum absolute atomic E-state index is 12.2. The predicted octanol–water partition coefficient (Wildman–Crippen LogP) is 3.16. The number of carbonyl (C=O) groups excluding carboxylic acids is 1. The highest BCUT2D eigenvalue weighted by Gasteiger charge is 2.22. The van der Waals surface area contributed by atoms with Crippen LogP contribution in [0.5, 0.6) is 0 Å². The predicted molar refractivity (Wildman–Crippen MR) is 82.9 cm³/mol. The van der Waals surface area contributed by atoms with E-state index in [4.69, 9.17) is 4.74 Å². The van der Waals surface area contributed by atoms with E-state index in [-0.39, 0.29) is 18.1 Å². The van der Waals surface area contributed by atoms with Crippen molar-refractivity contribution < 1.29 is 9.53 Å². The summed E-state index contributed by atoms with van der Waals surface area (Å²) in [5.74, 6) is 0.402. The van der Waals surface area contributed by atoms with E-state index < -0.39 is 0 Å². The van der Waals surface area contributed by atoms with Crippen LogP contribution in [0.2, 0.25) is 0 Å². The number of ether oxygens (including phenoxy) is 1. The Labute approximate surface area is 127 Å². The Bertz CT molecular complexity index is 468. The summed E-state index contributed by atoms with van der Waals surface area (Å²) in [6.45, 7) is 7.10. The number of aromatic nitrogens is 1. The number of pyridine rings is 1. The van der Waals surface area contributed by atoms with Crippen molar-refractivity contribution in [2.24, 2.45) is 5.92 Å². The van der Waals surface area contributed by atoms with Gasteiger partial charge in [0.25, 0.3) is 0 Å². The van der Waals surface area contributed by atoms with E-state index >= 15 is 0 Å². The summed E-state index contributed by atoms with van der Waals surface area (Å²) in [4.78, 5) is 16.7. The number of nitrogens with one attached hydrogen (secondary N) is 1. The van der Waals surface area contributed by atoms with Crippen molar-refractivity contribution >= 4 is 5.91 Å². The third kappa shape index (κ3) is 4.53. The Morgan fingerprint density at radius 3 is 2.95 bits per heavy atom. The molecular formula is C17H26N2O2. The summed E-state index contributed by atoms with van der Waals surface area (Å²) in [6, 6.07) is 3.94. The molecule has 1 amide bonds. The summed E-state index contributed by atoms with van der Waals surface area (Å²) in [5.41, 5.74) is 2.09. The highest BCUT2D eigenvalue weighted by molar-refractivity contribution is 5.76. The number of aryl methyl sites for hydroxylation is 1. The van der Waals surface area contributed by atoms with Gasteiger partial charge in [-0.05, 0) is 43.7 Å². The second-order valence-electron chi connectivity index (χ2n) is 6.17. The number of hydrogen-bond donors (Lipinski definition) is 1. The summed E-state index contributed by atoms with van der Waals surface area (Å²) < 4.78 is 5.57. The third-order valence-corrected chi connectivity index (χ3v) is 4.05. The second kappa shape index (κ2) is 7.55. The monoisotopic (exact) mass is 290 g/mol. The molecule has 0 spiro atoms. The molecule has 0 unspecified atom stereocenters. The van der Waals surface area contributed by atoms with Gasteiger partial charge in [0.05, 0.1) is 17.8 Å². The van der Waals surface area contributed by atoms with Crippen LogP contribution in [0.3, 0.4) is 0 Å². The molecule has 0 bridgehead atoms. The Hall–Kier alpha value is -1.42. The van der Waals surface area contributed by atoms with Gasteiger partial charge < -0.3 is 10.1 Å². The molecule has 1 aliphatic rings. The molecule has 2 rings (SSSR count). The van der Waals surface area contributed by atoms with Crippen molar-refractivity contribution in [2.45, 2.75) is 58.6 Å². The SMILES string of the molecule is Cc1cccnc1[C@@H](NC(=O)CC[C@H]1CCCO1)C(C)C. The van der Waals surface area contributed by atoms with E-state index in [0.717, 1.165) is 37.1 Å². The molecule has 1 aliphatic heterocycles. The Kier molecular flexibility index (Phi) is 5.74. The first-order valence-corrected chi connectivity index (χ1v) is 7.90. The summed E-state index contributed by atoms with van der Waals surface area (Å²) in [6.07, 6.45) is 5.60. The normalized spacial score (nSPS) is 19.7. The molecule has 116 valence electrons. The molecular weight excluding hydrogens is 264 g/mol. The second-order valence-corrected chi connectivity index (χ2v) is 6.17. The third-order valence-electron chi connectivity index (χ3n) is 4.05. The lowest BCUT2D eigenvalue weighted by Crippen LogP contribution is -2.33. The number of amides is 1. The van der Waals surface area contributed by atoms with Gasteiger partial charge in [0.1, 0.15) is 0 Å². The zero-order chi connectivity index (χ0) is 15.2. The average Bonchev–Trinajstić information content (AvgIpc) is 2.96. The number of hydrogen-bond acceptors (Lipinski definition) is 3. The summed E-state index contributed by atoms with van der Waals surface area (Å²) in [5, 5.41) is 3.14. The van der Waals surface area contributed by atoms with Crippen LogP contribution in [-0.2, 0) is 9.53 Å². The summed E-state index contributed by atoms with van der Waals surface area (Å²) in [7, 11) is 0. The van der Waals surface area contributed by atoms with Crippen molar-refractivity contribution in [1.82, 2.24) is 10.3 Å². The fraction of sp³-hybridized carbons (Fsp3) is 0.647. The van der Waals surface area contributed by atoms with Gasteiger partial charge in [-0.15, -0.1) is 0 Å². The van der Waals surface area contributed by atoms with Gasteiger partial charge in [-0.25, -0.2) is 0 Å². The maximum Gasteiger partial charge on any atom is 0.220 e. The van der Waals surface area contributed by atoms with E-state index in [1.54, 1.807) is 6.20 Å². The van der Waals surface area contributed by atoms with Crippen LogP contribution in [0.4, 0.5) is 0 Å². The van der Waals surface area contributed by atoms with Crippen molar-refractivity contribution in [3.05, 3.63) is 29.6 Å². The van der Waals surface area contributed by atoms with E-state index in [1.807, 2.05) is 19.1 Å². The average molecular weight is 290 g/mol. The van der Waals surface area contributed by atoms with Crippen molar-refractivity contribution in [2.75, 3.05) is 6.61 Å². The molecule has 21 heavy (non-hydrogen) atoms. The quantitative estimate of drug-likeness (QED) is 0.875. The smallest absolute Gasteiger partial charge is 0.220 e. The van der Waals surface area contributed by atoms with Gasteiger partial charge >= 0.3 is 0 Å². The molecule has 1 aromatic rings. The standard InChI is InChI=1S/C17H26N2O2/c1-12(2)16(17-13(3)6-4-10-18-17)19-15(20)9-8-14-7-5-11-21-14/h4,6,10,12,14,16H,5,7-9,11H2,1-3H3,(H,19,20)/t14-,16+/m1/s1. The molecule has 1 saturated heterocycles. The zero-order valence-electron chi connectivity index (χ0n) is 13.3. The van der Waals surface area contributed by atoms with Crippen molar-refractivity contribution in [1.29, 1.82) is 0 Å². The molecule has 0 aliphatic carbocycles. The van der Waals surface area contributed by atoms with Crippen LogP contribution in [0.25, 0.3) is 0 Å². The Balaban J connectivity index is 1.93. The molecule has 2 heterocycles. The molecule has 1 N–H and O–H groups in total. The van der Waals surface area contributed by atoms with Gasteiger partial charge in [0.15, 0.2) is 0 Å². The molecule has 1 fully saturated rings. The number of carbonyl (C=O) groups is 1. The van der Waals surface area contributed by atoms with Gasteiger partial charge in [0.2, 0.25) is 5.91 Å². The highest BCUT2D eigenvalue weighted by atomic mass is 16.5. The zero-order valence-corrected chi connectivity index (χ0v) is 13.3. The lowest BCUT2D eigenvalue weighted by atomic mass is 9.97. The van der Waals surface area contributed by atoms with Crippen LogP contribution < -0.4 is 5.32 Å². The van der Waals surface area contributed by atoms with Crippen LogP contribution in [0.15, 0.2) is 18.3 Å². The lowest BCUT2D eigenvalue weighted by Gasteiger charge is -2.23. The Morgan fingerprint density at radius 2 is 2.33 bits per heavy atom.